The van der Waals surface area contributed by atoms with Gasteiger partial charge in [-0.2, -0.15) is 0 Å². The van der Waals surface area contributed by atoms with E-state index in [0.29, 0.717) is 5.69 Å². The SMILES string of the molecule is CC(C)=CC1C(C(=O)Nc2cccc(F)c2)C1(C)C. The molecule has 1 aromatic rings. The van der Waals surface area contributed by atoms with Gasteiger partial charge < -0.3 is 5.32 Å². The number of benzene rings is 1. The quantitative estimate of drug-likeness (QED) is 0.819. The van der Waals surface area contributed by atoms with Crippen molar-refractivity contribution in [2.24, 2.45) is 17.3 Å². The third-order valence-electron chi connectivity index (χ3n) is 3.80. The summed E-state index contributed by atoms with van der Waals surface area (Å²) in [5.74, 6) is -0.136. The molecule has 0 radical (unpaired) electrons. The van der Waals surface area contributed by atoms with Crippen molar-refractivity contribution in [1.82, 2.24) is 0 Å². The molecule has 1 fully saturated rings. The molecule has 1 aromatic carbocycles. The fourth-order valence-electron chi connectivity index (χ4n) is 2.63. The van der Waals surface area contributed by atoms with Gasteiger partial charge in [-0.25, -0.2) is 4.39 Å². The molecule has 0 bridgehead atoms. The number of carbonyl (C=O) groups is 1. The maximum atomic E-state index is 13.1. The molecule has 1 saturated carbocycles. The number of anilines is 1. The van der Waals surface area contributed by atoms with Gasteiger partial charge in [-0.1, -0.05) is 31.6 Å². The molecule has 2 unspecified atom stereocenters. The third-order valence-corrected chi connectivity index (χ3v) is 3.80. The lowest BCUT2D eigenvalue weighted by molar-refractivity contribution is -0.118. The first-order valence-electron chi connectivity index (χ1n) is 6.54. The predicted octanol–water partition coefficient (Wildman–Crippen LogP) is 4.00. The van der Waals surface area contributed by atoms with Crippen molar-refractivity contribution >= 4 is 11.6 Å². The molecule has 1 N–H and O–H groups in total. The lowest BCUT2D eigenvalue weighted by atomic mass is 10.1. The first kappa shape index (κ1) is 13.8. The Morgan fingerprint density at radius 1 is 1.37 bits per heavy atom. The summed E-state index contributed by atoms with van der Waals surface area (Å²) >= 11 is 0. The Bertz CT molecular complexity index is 529. The van der Waals surface area contributed by atoms with Crippen molar-refractivity contribution in [3.63, 3.8) is 0 Å². The molecule has 102 valence electrons. The molecular formula is C16H20FNO. The molecule has 2 atom stereocenters. The molecule has 0 spiro atoms. The van der Waals surface area contributed by atoms with Gasteiger partial charge in [0.25, 0.3) is 0 Å². The molecule has 1 aliphatic carbocycles. The average Bonchev–Trinajstić information content (AvgIpc) is 2.79. The zero-order valence-corrected chi connectivity index (χ0v) is 11.8. The minimum Gasteiger partial charge on any atom is -0.326 e. The summed E-state index contributed by atoms with van der Waals surface area (Å²) in [6, 6.07) is 5.99. The smallest absolute Gasteiger partial charge is 0.228 e. The summed E-state index contributed by atoms with van der Waals surface area (Å²) in [6.07, 6.45) is 2.15. The summed E-state index contributed by atoms with van der Waals surface area (Å²) in [7, 11) is 0. The molecule has 0 aromatic heterocycles. The van der Waals surface area contributed by atoms with Crippen LogP contribution in [0.3, 0.4) is 0 Å². The highest BCUT2D eigenvalue weighted by Gasteiger charge is 2.60. The molecular weight excluding hydrogens is 241 g/mol. The highest BCUT2D eigenvalue weighted by Crippen LogP contribution is 2.59. The van der Waals surface area contributed by atoms with E-state index in [-0.39, 0.29) is 29.0 Å². The van der Waals surface area contributed by atoms with Gasteiger partial charge in [0.2, 0.25) is 5.91 Å². The van der Waals surface area contributed by atoms with Crippen molar-refractivity contribution in [2.45, 2.75) is 27.7 Å². The minimum absolute atomic E-state index is 0.0192. The van der Waals surface area contributed by atoms with Gasteiger partial charge in [-0.05, 0) is 43.4 Å². The van der Waals surface area contributed by atoms with Crippen molar-refractivity contribution in [3.8, 4) is 0 Å². The second-order valence-electron chi connectivity index (χ2n) is 6.07. The van der Waals surface area contributed by atoms with E-state index in [0.717, 1.165) is 0 Å². The Kier molecular flexibility index (Phi) is 3.48. The van der Waals surface area contributed by atoms with Crippen molar-refractivity contribution in [1.29, 1.82) is 0 Å². The molecule has 1 amide bonds. The molecule has 2 rings (SSSR count). The van der Waals surface area contributed by atoms with E-state index in [2.05, 4.69) is 25.2 Å². The number of halogens is 1. The molecule has 3 heteroatoms. The van der Waals surface area contributed by atoms with Gasteiger partial charge in [0.15, 0.2) is 0 Å². The lowest BCUT2D eigenvalue weighted by Gasteiger charge is -2.06. The Morgan fingerprint density at radius 2 is 2.05 bits per heavy atom. The number of carbonyl (C=O) groups excluding carboxylic acids is 1. The van der Waals surface area contributed by atoms with Crippen LogP contribution in [0, 0.1) is 23.1 Å². The summed E-state index contributed by atoms with van der Waals surface area (Å²) < 4.78 is 13.1. The number of nitrogens with one attached hydrogen (secondary N) is 1. The molecule has 0 aliphatic heterocycles. The van der Waals surface area contributed by atoms with Gasteiger partial charge in [0.05, 0.1) is 5.92 Å². The van der Waals surface area contributed by atoms with Gasteiger partial charge in [-0.3, -0.25) is 4.79 Å². The highest BCUT2D eigenvalue weighted by molar-refractivity contribution is 5.95. The van der Waals surface area contributed by atoms with Crippen molar-refractivity contribution in [2.75, 3.05) is 5.32 Å². The largest absolute Gasteiger partial charge is 0.326 e. The van der Waals surface area contributed by atoms with Crippen LogP contribution in [0.2, 0.25) is 0 Å². The monoisotopic (exact) mass is 261 g/mol. The Morgan fingerprint density at radius 3 is 2.63 bits per heavy atom. The molecule has 0 saturated heterocycles. The van der Waals surface area contributed by atoms with Crippen LogP contribution in [0.4, 0.5) is 10.1 Å². The van der Waals surface area contributed by atoms with Crippen LogP contribution in [-0.4, -0.2) is 5.91 Å². The van der Waals surface area contributed by atoms with Gasteiger partial charge in [0, 0.05) is 5.69 Å². The summed E-state index contributed by atoms with van der Waals surface area (Å²) in [5.41, 5.74) is 1.72. The molecule has 19 heavy (non-hydrogen) atoms. The molecule has 0 heterocycles. The molecule has 1 aliphatic rings. The van der Waals surface area contributed by atoms with E-state index < -0.39 is 0 Å². The number of allylic oxidation sites excluding steroid dienone is 2. The summed E-state index contributed by atoms with van der Waals surface area (Å²) in [5, 5.41) is 2.80. The fourth-order valence-corrected chi connectivity index (χ4v) is 2.63. The maximum Gasteiger partial charge on any atom is 0.228 e. The number of hydrogen-bond acceptors (Lipinski definition) is 1. The van der Waals surface area contributed by atoms with E-state index in [4.69, 9.17) is 0 Å². The van der Waals surface area contributed by atoms with E-state index >= 15 is 0 Å². The van der Waals surface area contributed by atoms with Crippen molar-refractivity contribution < 1.29 is 9.18 Å². The van der Waals surface area contributed by atoms with E-state index in [1.54, 1.807) is 12.1 Å². The number of amides is 1. The van der Waals surface area contributed by atoms with Crippen LogP contribution in [0.25, 0.3) is 0 Å². The van der Waals surface area contributed by atoms with Gasteiger partial charge >= 0.3 is 0 Å². The highest BCUT2D eigenvalue weighted by atomic mass is 19.1. The number of hydrogen-bond donors (Lipinski definition) is 1. The predicted molar refractivity (Wildman–Crippen MR) is 75.2 cm³/mol. The summed E-state index contributed by atoms with van der Waals surface area (Å²) in [4.78, 5) is 12.2. The van der Waals surface area contributed by atoms with Gasteiger partial charge in [0.1, 0.15) is 5.82 Å². The standard InChI is InChI=1S/C16H20FNO/c1-10(2)8-13-14(16(13,3)4)15(19)18-12-7-5-6-11(17)9-12/h5-9,13-14H,1-4H3,(H,18,19). The first-order valence-corrected chi connectivity index (χ1v) is 6.54. The second kappa shape index (κ2) is 4.80. The topological polar surface area (TPSA) is 29.1 Å². The third kappa shape index (κ3) is 2.86. The van der Waals surface area contributed by atoms with E-state index in [1.807, 2.05) is 13.8 Å². The minimum atomic E-state index is -0.339. The molecule has 2 nitrogen and oxygen atoms in total. The van der Waals surface area contributed by atoms with E-state index in [1.165, 1.54) is 17.7 Å². The van der Waals surface area contributed by atoms with E-state index in [9.17, 15) is 9.18 Å². The van der Waals surface area contributed by atoms with Crippen LogP contribution in [0.1, 0.15) is 27.7 Å². The lowest BCUT2D eigenvalue weighted by Crippen LogP contribution is -2.16. The second-order valence-corrected chi connectivity index (χ2v) is 6.07. The summed E-state index contributed by atoms with van der Waals surface area (Å²) in [6.45, 7) is 8.26. The zero-order valence-electron chi connectivity index (χ0n) is 11.8. The van der Waals surface area contributed by atoms with Crippen LogP contribution in [-0.2, 0) is 4.79 Å². The number of rotatable bonds is 3. The Labute approximate surface area is 113 Å². The maximum absolute atomic E-state index is 13.1. The van der Waals surface area contributed by atoms with Crippen LogP contribution >= 0.6 is 0 Å². The Hall–Kier alpha value is -1.64. The zero-order chi connectivity index (χ0) is 14.2. The van der Waals surface area contributed by atoms with Crippen molar-refractivity contribution in [3.05, 3.63) is 41.7 Å². The van der Waals surface area contributed by atoms with Crippen LogP contribution in [0.5, 0.6) is 0 Å². The van der Waals surface area contributed by atoms with Gasteiger partial charge in [-0.15, -0.1) is 0 Å². The fraction of sp³-hybridized carbons (Fsp3) is 0.438. The van der Waals surface area contributed by atoms with Crippen LogP contribution < -0.4 is 5.32 Å². The normalized spacial score (nSPS) is 23.6. The Balaban J connectivity index is 2.08. The average molecular weight is 261 g/mol. The first-order chi connectivity index (χ1) is 8.82. The van der Waals surface area contributed by atoms with Crippen LogP contribution in [0.15, 0.2) is 35.9 Å².